The summed E-state index contributed by atoms with van der Waals surface area (Å²) >= 11 is 3.04. The summed E-state index contributed by atoms with van der Waals surface area (Å²) in [5.74, 6) is 0.755. The van der Waals surface area contributed by atoms with Crippen molar-refractivity contribution in [1.29, 1.82) is 0 Å². The van der Waals surface area contributed by atoms with Crippen LogP contribution in [0.1, 0.15) is 21.8 Å². The van der Waals surface area contributed by atoms with Gasteiger partial charge in [0.2, 0.25) is 0 Å². The van der Waals surface area contributed by atoms with Gasteiger partial charge in [0.15, 0.2) is 0 Å². The number of nitrogens with zero attached hydrogens (tertiary/aromatic N) is 2. The predicted octanol–water partition coefficient (Wildman–Crippen LogP) is 6.10. The van der Waals surface area contributed by atoms with Gasteiger partial charge in [0, 0.05) is 0 Å². The van der Waals surface area contributed by atoms with Crippen LogP contribution >= 0.6 is 22.7 Å². The Kier molecular flexibility index (Phi) is 5.69. The minimum atomic E-state index is -0.515. The summed E-state index contributed by atoms with van der Waals surface area (Å²) in [5.41, 5.74) is 4.55. The standard InChI is InChI=1S/C22H21N3O3S2/c1-12-5-7-16(18(9-12)27-4)21-23-13(2)20(30-21)25-22(26)28-11-15-6-8-19-17(10-15)24-14(3)29-19/h5-10H,11H2,1-4H3,(H,25,26). The Hall–Kier alpha value is -2.97. The van der Waals surface area contributed by atoms with Crippen LogP contribution in [-0.2, 0) is 11.3 Å². The second-order valence-corrected chi connectivity index (χ2v) is 9.11. The Morgan fingerprint density at radius 1 is 1.07 bits per heavy atom. The number of hydrogen-bond acceptors (Lipinski definition) is 7. The molecule has 2 aromatic heterocycles. The molecule has 0 saturated heterocycles. The minimum absolute atomic E-state index is 0.175. The largest absolute Gasteiger partial charge is 0.496 e. The molecule has 0 aliphatic heterocycles. The second-order valence-electron chi connectivity index (χ2n) is 6.87. The lowest BCUT2D eigenvalue weighted by Gasteiger charge is -2.07. The van der Waals surface area contributed by atoms with Crippen molar-refractivity contribution in [3.05, 3.63) is 58.2 Å². The summed E-state index contributed by atoms with van der Waals surface area (Å²) in [7, 11) is 1.64. The van der Waals surface area contributed by atoms with Crippen LogP contribution in [-0.4, -0.2) is 23.2 Å². The highest BCUT2D eigenvalue weighted by Crippen LogP contribution is 2.37. The highest BCUT2D eigenvalue weighted by molar-refractivity contribution is 7.19. The van der Waals surface area contributed by atoms with E-state index in [1.54, 1.807) is 18.4 Å². The van der Waals surface area contributed by atoms with Crippen molar-refractivity contribution >= 4 is 44.0 Å². The van der Waals surface area contributed by atoms with Gasteiger partial charge in [-0.15, -0.1) is 11.3 Å². The van der Waals surface area contributed by atoms with E-state index < -0.39 is 6.09 Å². The van der Waals surface area contributed by atoms with Gasteiger partial charge in [0.1, 0.15) is 22.4 Å². The number of fused-ring (bicyclic) bond motifs is 1. The number of benzene rings is 2. The van der Waals surface area contributed by atoms with Gasteiger partial charge >= 0.3 is 6.09 Å². The summed E-state index contributed by atoms with van der Waals surface area (Å²) in [6.07, 6.45) is -0.515. The number of amides is 1. The zero-order valence-electron chi connectivity index (χ0n) is 17.1. The summed E-state index contributed by atoms with van der Waals surface area (Å²) in [6.45, 7) is 6.02. The molecule has 0 atom stereocenters. The van der Waals surface area contributed by atoms with Crippen LogP contribution in [0.5, 0.6) is 5.75 Å². The zero-order valence-corrected chi connectivity index (χ0v) is 18.7. The van der Waals surface area contributed by atoms with Crippen LogP contribution in [0.3, 0.4) is 0 Å². The quantitative estimate of drug-likeness (QED) is 0.407. The van der Waals surface area contributed by atoms with E-state index in [1.165, 1.54) is 11.3 Å². The molecule has 0 radical (unpaired) electrons. The van der Waals surface area contributed by atoms with Gasteiger partial charge in [-0.05, 0) is 56.2 Å². The number of nitrogens with one attached hydrogen (secondary N) is 1. The van der Waals surface area contributed by atoms with Crippen LogP contribution in [0, 0.1) is 20.8 Å². The van der Waals surface area contributed by atoms with Gasteiger partial charge in [-0.3, -0.25) is 5.32 Å². The first-order valence-corrected chi connectivity index (χ1v) is 11.0. The molecule has 0 bridgehead atoms. The van der Waals surface area contributed by atoms with Crippen molar-refractivity contribution in [2.45, 2.75) is 27.4 Å². The normalized spacial score (nSPS) is 10.9. The maximum atomic E-state index is 12.3. The number of methoxy groups -OCH3 is 1. The number of anilines is 1. The molecule has 4 rings (SSSR count). The number of aromatic nitrogens is 2. The Morgan fingerprint density at radius 3 is 2.70 bits per heavy atom. The molecule has 2 aromatic carbocycles. The summed E-state index contributed by atoms with van der Waals surface area (Å²) in [6, 6.07) is 11.9. The molecule has 1 N–H and O–H groups in total. The van der Waals surface area contributed by atoms with Gasteiger partial charge in [-0.1, -0.05) is 23.5 Å². The molecule has 0 unspecified atom stereocenters. The Bertz CT molecular complexity index is 1230. The van der Waals surface area contributed by atoms with Crippen LogP contribution in [0.15, 0.2) is 36.4 Å². The number of rotatable bonds is 5. The van der Waals surface area contributed by atoms with Crippen molar-refractivity contribution < 1.29 is 14.3 Å². The molecule has 30 heavy (non-hydrogen) atoms. The van der Waals surface area contributed by atoms with E-state index in [0.717, 1.165) is 48.4 Å². The first-order valence-electron chi connectivity index (χ1n) is 9.35. The van der Waals surface area contributed by atoms with Crippen LogP contribution in [0.4, 0.5) is 9.80 Å². The maximum absolute atomic E-state index is 12.3. The molecule has 6 nitrogen and oxygen atoms in total. The smallest absolute Gasteiger partial charge is 0.412 e. The number of thiazole rings is 2. The molecule has 154 valence electrons. The lowest BCUT2D eigenvalue weighted by atomic mass is 10.1. The van der Waals surface area contributed by atoms with Crippen molar-refractivity contribution in [2.75, 3.05) is 12.4 Å². The maximum Gasteiger partial charge on any atom is 0.412 e. The molecule has 0 spiro atoms. The SMILES string of the molecule is COc1cc(C)ccc1-c1nc(C)c(NC(=O)OCc2ccc3sc(C)nc3c2)s1. The van der Waals surface area contributed by atoms with Crippen LogP contribution in [0.25, 0.3) is 20.8 Å². The van der Waals surface area contributed by atoms with E-state index in [0.29, 0.717) is 5.00 Å². The van der Waals surface area contributed by atoms with Crippen molar-refractivity contribution in [3.8, 4) is 16.3 Å². The lowest BCUT2D eigenvalue weighted by molar-refractivity contribution is 0.155. The first-order chi connectivity index (χ1) is 14.4. The first kappa shape index (κ1) is 20.3. The molecule has 0 saturated carbocycles. The van der Waals surface area contributed by atoms with E-state index in [-0.39, 0.29) is 6.61 Å². The van der Waals surface area contributed by atoms with E-state index in [9.17, 15) is 4.79 Å². The van der Waals surface area contributed by atoms with Gasteiger partial charge in [0.05, 0.1) is 33.6 Å². The fourth-order valence-electron chi connectivity index (χ4n) is 3.06. The molecule has 0 aliphatic carbocycles. The predicted molar refractivity (Wildman–Crippen MR) is 122 cm³/mol. The Labute approximate surface area is 182 Å². The number of carbonyl (C=O) groups is 1. The highest BCUT2D eigenvalue weighted by atomic mass is 32.1. The number of aryl methyl sites for hydroxylation is 3. The average molecular weight is 440 g/mol. The summed E-state index contributed by atoms with van der Waals surface area (Å²) < 4.78 is 12.0. The third kappa shape index (κ3) is 4.29. The van der Waals surface area contributed by atoms with E-state index in [2.05, 4.69) is 15.3 Å². The number of hydrogen-bond donors (Lipinski definition) is 1. The molecular weight excluding hydrogens is 418 g/mol. The number of carbonyl (C=O) groups excluding carboxylic acids is 1. The van der Waals surface area contributed by atoms with Gasteiger partial charge in [-0.2, -0.15) is 0 Å². The van der Waals surface area contributed by atoms with Gasteiger partial charge in [0.25, 0.3) is 0 Å². The lowest BCUT2D eigenvalue weighted by Crippen LogP contribution is -2.13. The summed E-state index contributed by atoms with van der Waals surface area (Å²) in [5, 5.41) is 5.25. The van der Waals surface area contributed by atoms with Gasteiger partial charge < -0.3 is 9.47 Å². The van der Waals surface area contributed by atoms with Crippen LogP contribution in [0.2, 0.25) is 0 Å². The van der Waals surface area contributed by atoms with Crippen molar-refractivity contribution in [2.24, 2.45) is 0 Å². The molecular formula is C22H21N3O3S2. The topological polar surface area (TPSA) is 73.3 Å². The molecule has 4 aromatic rings. The number of ether oxygens (including phenoxy) is 2. The minimum Gasteiger partial charge on any atom is -0.496 e. The third-order valence-electron chi connectivity index (χ3n) is 4.53. The molecule has 1 amide bonds. The monoisotopic (exact) mass is 439 g/mol. The molecule has 0 fully saturated rings. The average Bonchev–Trinajstić information content (AvgIpc) is 3.27. The fraction of sp³-hybridized carbons (Fsp3) is 0.227. The zero-order chi connectivity index (χ0) is 21.3. The molecule has 8 heteroatoms. The van der Waals surface area contributed by atoms with E-state index in [1.807, 2.05) is 57.2 Å². The summed E-state index contributed by atoms with van der Waals surface area (Å²) in [4.78, 5) is 21.4. The Morgan fingerprint density at radius 2 is 1.90 bits per heavy atom. The highest BCUT2D eigenvalue weighted by Gasteiger charge is 2.16. The van der Waals surface area contributed by atoms with Crippen molar-refractivity contribution in [1.82, 2.24) is 9.97 Å². The second kappa shape index (κ2) is 8.41. The van der Waals surface area contributed by atoms with Crippen LogP contribution < -0.4 is 10.1 Å². The van der Waals surface area contributed by atoms with Crippen molar-refractivity contribution in [3.63, 3.8) is 0 Å². The van der Waals surface area contributed by atoms with E-state index in [4.69, 9.17) is 9.47 Å². The van der Waals surface area contributed by atoms with Gasteiger partial charge in [-0.25, -0.2) is 14.8 Å². The Balaban J connectivity index is 1.44. The molecule has 0 aliphatic rings. The fourth-order valence-corrected chi connectivity index (χ4v) is 4.85. The third-order valence-corrected chi connectivity index (χ3v) is 6.59. The molecule has 2 heterocycles. The van der Waals surface area contributed by atoms with E-state index >= 15 is 0 Å².